The van der Waals surface area contributed by atoms with Gasteiger partial charge in [0.25, 0.3) is 0 Å². The van der Waals surface area contributed by atoms with E-state index in [0.717, 1.165) is 43.0 Å². The Bertz CT molecular complexity index is 960. The van der Waals surface area contributed by atoms with Gasteiger partial charge >= 0.3 is 0 Å². The maximum Gasteiger partial charge on any atom is 0.226 e. The Morgan fingerprint density at radius 1 is 1.17 bits per heavy atom. The Hall–Kier alpha value is -2.47. The molecule has 0 radical (unpaired) electrons. The summed E-state index contributed by atoms with van der Waals surface area (Å²) in [7, 11) is 0. The fourth-order valence-electron chi connectivity index (χ4n) is 4.15. The highest BCUT2D eigenvalue weighted by atomic mass is 35.5. The Kier molecular flexibility index (Phi) is 6.32. The summed E-state index contributed by atoms with van der Waals surface area (Å²) in [6.07, 6.45) is 3.89. The van der Waals surface area contributed by atoms with Gasteiger partial charge in [0.1, 0.15) is 11.6 Å². The lowest BCUT2D eigenvalue weighted by atomic mass is 10.0. The van der Waals surface area contributed by atoms with Crippen LogP contribution in [0.5, 0.6) is 0 Å². The largest absolute Gasteiger partial charge is 0.390 e. The van der Waals surface area contributed by atoms with E-state index >= 15 is 0 Å². The number of halogens is 3. The van der Waals surface area contributed by atoms with Crippen LogP contribution in [0.3, 0.4) is 0 Å². The van der Waals surface area contributed by atoms with E-state index in [1.54, 1.807) is 11.0 Å². The van der Waals surface area contributed by atoms with Gasteiger partial charge in [0.15, 0.2) is 6.10 Å². The number of rotatable bonds is 6. The minimum absolute atomic E-state index is 0.00832. The van der Waals surface area contributed by atoms with Crippen LogP contribution in [0.2, 0.25) is 5.02 Å². The molecule has 0 spiro atoms. The monoisotopic (exact) mass is 432 g/mol. The maximum atomic E-state index is 14.2. The van der Waals surface area contributed by atoms with Crippen molar-refractivity contribution in [3.8, 4) is 0 Å². The van der Waals surface area contributed by atoms with Gasteiger partial charge in [-0.3, -0.25) is 4.79 Å². The van der Waals surface area contributed by atoms with E-state index in [0.29, 0.717) is 11.4 Å². The van der Waals surface area contributed by atoms with E-state index in [4.69, 9.17) is 16.4 Å². The van der Waals surface area contributed by atoms with E-state index in [9.17, 15) is 13.6 Å². The zero-order chi connectivity index (χ0) is 21.1. The lowest BCUT2D eigenvalue weighted by Crippen LogP contribution is -2.40. The molecule has 0 aromatic heterocycles. The van der Waals surface area contributed by atoms with Crippen LogP contribution >= 0.6 is 11.6 Å². The van der Waals surface area contributed by atoms with Crippen molar-refractivity contribution in [3.63, 3.8) is 0 Å². The van der Waals surface area contributed by atoms with E-state index in [1.165, 1.54) is 12.1 Å². The summed E-state index contributed by atoms with van der Waals surface area (Å²) in [6, 6.07) is 10.8. The minimum atomic E-state index is -0.653. The van der Waals surface area contributed by atoms with Gasteiger partial charge in [0.05, 0.1) is 12.3 Å². The molecule has 2 aromatic rings. The van der Waals surface area contributed by atoms with Crippen LogP contribution in [0.1, 0.15) is 43.2 Å². The highest BCUT2D eigenvalue weighted by Crippen LogP contribution is 2.29. The molecule has 2 aliphatic rings. The molecule has 7 heteroatoms. The van der Waals surface area contributed by atoms with Crippen LogP contribution in [0.4, 0.5) is 8.78 Å². The Morgan fingerprint density at radius 2 is 1.93 bits per heavy atom. The molecule has 30 heavy (non-hydrogen) atoms. The topological polar surface area (TPSA) is 41.9 Å². The molecule has 1 aliphatic carbocycles. The second-order valence-electron chi connectivity index (χ2n) is 7.89. The van der Waals surface area contributed by atoms with Crippen molar-refractivity contribution < 1.29 is 18.4 Å². The average molecular weight is 433 g/mol. The van der Waals surface area contributed by atoms with Crippen molar-refractivity contribution in [1.82, 2.24) is 4.90 Å². The van der Waals surface area contributed by atoms with Crippen molar-refractivity contribution >= 4 is 23.2 Å². The molecular formula is C23H23ClF2N2O2. The zero-order valence-electron chi connectivity index (χ0n) is 16.5. The molecule has 0 bridgehead atoms. The molecule has 0 N–H and O–H groups in total. The lowest BCUT2D eigenvalue weighted by Gasteiger charge is -2.27. The number of carbonyl (C=O) groups excluding carboxylic acids is 1. The number of benzene rings is 2. The number of oxime groups is 1. The minimum Gasteiger partial charge on any atom is -0.390 e. The average Bonchev–Trinajstić information content (AvgIpc) is 3.41. The summed E-state index contributed by atoms with van der Waals surface area (Å²) < 4.78 is 27.5. The molecular weight excluding hydrogens is 410 g/mol. The second kappa shape index (κ2) is 9.13. The molecule has 0 saturated heterocycles. The second-order valence-corrected chi connectivity index (χ2v) is 8.29. The van der Waals surface area contributed by atoms with Gasteiger partial charge in [-0.1, -0.05) is 53.9 Å². The Labute approximate surface area is 179 Å². The van der Waals surface area contributed by atoms with Crippen LogP contribution in [0.15, 0.2) is 47.6 Å². The van der Waals surface area contributed by atoms with Gasteiger partial charge in [-0.05, 0) is 25.0 Å². The van der Waals surface area contributed by atoms with Crippen molar-refractivity contribution in [3.05, 3.63) is 70.2 Å². The summed E-state index contributed by atoms with van der Waals surface area (Å²) >= 11 is 6.26. The molecule has 4 nitrogen and oxygen atoms in total. The van der Waals surface area contributed by atoms with E-state index in [1.807, 2.05) is 18.2 Å². The number of hydrogen-bond acceptors (Lipinski definition) is 3. The summed E-state index contributed by atoms with van der Waals surface area (Å²) in [4.78, 5) is 20.4. The van der Waals surface area contributed by atoms with Crippen LogP contribution in [-0.4, -0.2) is 29.2 Å². The first-order valence-electron chi connectivity index (χ1n) is 10.2. The fourth-order valence-corrected chi connectivity index (χ4v) is 4.39. The van der Waals surface area contributed by atoms with E-state index in [-0.39, 0.29) is 36.6 Å². The van der Waals surface area contributed by atoms with Gasteiger partial charge in [-0.25, -0.2) is 8.78 Å². The zero-order valence-corrected chi connectivity index (χ0v) is 17.2. The number of amides is 1. The summed E-state index contributed by atoms with van der Waals surface area (Å²) in [5.74, 6) is -1.36. The van der Waals surface area contributed by atoms with Crippen LogP contribution in [0, 0.1) is 17.6 Å². The first-order valence-corrected chi connectivity index (χ1v) is 10.6. The molecule has 1 aliphatic heterocycles. The standard InChI is InChI=1S/C23H23ClF2N2O2/c24-20-8-4-3-7-19(20)22-12-18(30-27-22)14-28(23(29)15-5-1-2-6-15)13-16-9-10-17(25)11-21(16)26/h3-4,7-11,15,18H,1-2,5-6,12-14H2. The third kappa shape index (κ3) is 4.64. The Balaban J connectivity index is 1.49. The van der Waals surface area contributed by atoms with Gasteiger partial charge in [-0.2, -0.15) is 0 Å². The van der Waals surface area contributed by atoms with Gasteiger partial charge in [-0.15, -0.1) is 0 Å². The Morgan fingerprint density at radius 3 is 2.67 bits per heavy atom. The third-order valence-electron chi connectivity index (χ3n) is 5.73. The van der Waals surface area contributed by atoms with Gasteiger partial charge in [0.2, 0.25) is 5.91 Å². The quantitative estimate of drug-likeness (QED) is 0.619. The first kappa shape index (κ1) is 20.8. The number of hydrogen-bond donors (Lipinski definition) is 0. The summed E-state index contributed by atoms with van der Waals surface area (Å²) in [5.41, 5.74) is 1.82. The van der Waals surface area contributed by atoms with E-state index in [2.05, 4.69) is 5.16 Å². The molecule has 1 saturated carbocycles. The lowest BCUT2D eigenvalue weighted by molar-refractivity contribution is -0.137. The molecule has 1 heterocycles. The molecule has 1 unspecified atom stereocenters. The number of carbonyl (C=O) groups is 1. The van der Waals surface area contributed by atoms with Crippen LogP contribution < -0.4 is 0 Å². The van der Waals surface area contributed by atoms with Crippen molar-refractivity contribution in [2.24, 2.45) is 11.1 Å². The highest BCUT2D eigenvalue weighted by molar-refractivity contribution is 6.34. The van der Waals surface area contributed by atoms with Gasteiger partial charge < -0.3 is 9.74 Å². The maximum absolute atomic E-state index is 14.2. The van der Waals surface area contributed by atoms with Crippen molar-refractivity contribution in [2.75, 3.05) is 6.54 Å². The smallest absolute Gasteiger partial charge is 0.226 e. The molecule has 2 aromatic carbocycles. The van der Waals surface area contributed by atoms with Crippen LogP contribution in [0.25, 0.3) is 0 Å². The summed E-state index contributed by atoms with van der Waals surface area (Å²) in [5, 5.41) is 4.76. The van der Waals surface area contributed by atoms with Crippen LogP contribution in [-0.2, 0) is 16.2 Å². The van der Waals surface area contributed by atoms with Crippen molar-refractivity contribution in [2.45, 2.75) is 44.8 Å². The molecule has 1 atom stereocenters. The number of nitrogens with zero attached hydrogens (tertiary/aromatic N) is 2. The van der Waals surface area contributed by atoms with E-state index < -0.39 is 11.6 Å². The first-order chi connectivity index (χ1) is 14.5. The predicted molar refractivity (Wildman–Crippen MR) is 111 cm³/mol. The highest BCUT2D eigenvalue weighted by Gasteiger charge is 2.32. The SMILES string of the molecule is O=C(C1CCCC1)N(Cc1ccc(F)cc1F)CC1CC(c2ccccc2Cl)=NO1. The van der Waals surface area contributed by atoms with Crippen molar-refractivity contribution in [1.29, 1.82) is 0 Å². The molecule has 4 rings (SSSR count). The normalized spacial score (nSPS) is 18.9. The fraction of sp³-hybridized carbons (Fsp3) is 0.391. The molecule has 158 valence electrons. The molecule has 1 amide bonds. The third-order valence-corrected chi connectivity index (χ3v) is 6.06. The van der Waals surface area contributed by atoms with Gasteiger partial charge in [0, 0.05) is 41.1 Å². The summed E-state index contributed by atoms with van der Waals surface area (Å²) in [6.45, 7) is 0.354. The molecule has 1 fully saturated rings. The predicted octanol–water partition coefficient (Wildman–Crippen LogP) is 5.33.